The predicted octanol–water partition coefficient (Wildman–Crippen LogP) is 2.88. The van der Waals surface area contributed by atoms with Crippen LogP contribution in [0, 0.1) is 0 Å². The molecule has 2 aromatic carbocycles. The van der Waals surface area contributed by atoms with Crippen LogP contribution in [-0.4, -0.2) is 26.6 Å². The Labute approximate surface area is 150 Å². The summed E-state index contributed by atoms with van der Waals surface area (Å²) in [5, 5.41) is 9.43. The van der Waals surface area contributed by atoms with E-state index in [0.29, 0.717) is 5.69 Å². The van der Waals surface area contributed by atoms with E-state index in [4.69, 9.17) is 0 Å². The van der Waals surface area contributed by atoms with Gasteiger partial charge in [0.1, 0.15) is 0 Å². The summed E-state index contributed by atoms with van der Waals surface area (Å²) in [5.74, 6) is -0.323. The minimum absolute atomic E-state index is 0.115. The van der Waals surface area contributed by atoms with Crippen molar-refractivity contribution in [3.63, 3.8) is 0 Å². The number of carbonyl (C=O) groups is 2. The third-order valence-corrected chi connectivity index (χ3v) is 3.36. The highest BCUT2D eigenvalue weighted by atomic mass is 16.2. The smallest absolute Gasteiger partial charge is 0.251 e. The monoisotopic (exact) mass is 347 g/mol. The van der Waals surface area contributed by atoms with Gasteiger partial charge in [-0.15, -0.1) is 5.10 Å². The highest BCUT2D eigenvalue weighted by Crippen LogP contribution is 2.16. The lowest BCUT2D eigenvalue weighted by Crippen LogP contribution is -2.13. The van der Waals surface area contributed by atoms with Crippen molar-refractivity contribution < 1.29 is 9.59 Å². The first kappa shape index (κ1) is 17.1. The Balaban J connectivity index is 1.83. The van der Waals surface area contributed by atoms with E-state index in [1.165, 1.54) is 17.7 Å². The number of hydrogen-bond acceptors (Lipinski definition) is 4. The van der Waals surface area contributed by atoms with Gasteiger partial charge in [-0.2, -0.15) is 9.67 Å². The van der Waals surface area contributed by atoms with Gasteiger partial charge in [-0.3, -0.25) is 20.2 Å². The molecule has 0 radical (unpaired) electrons. The predicted molar refractivity (Wildman–Crippen MR) is 99.8 cm³/mol. The number of benzene rings is 2. The second-order valence-corrected chi connectivity index (χ2v) is 5.42. The summed E-state index contributed by atoms with van der Waals surface area (Å²) in [5.41, 5.74) is 1.62. The summed E-state index contributed by atoms with van der Waals surface area (Å²) in [6.45, 7) is 1.37. The van der Waals surface area contributed by atoms with Crippen LogP contribution in [0.4, 0.5) is 11.9 Å². The highest BCUT2D eigenvalue weighted by Gasteiger charge is 2.14. The van der Waals surface area contributed by atoms with Crippen LogP contribution in [0.15, 0.2) is 66.7 Å². The molecule has 0 unspecified atom stereocenters. The molecule has 2 amide bonds. The Morgan fingerprint density at radius 2 is 1.62 bits per heavy atom. The Hall–Kier alpha value is -3.74. The van der Waals surface area contributed by atoms with Crippen LogP contribution < -0.4 is 10.6 Å². The number of hydrogen-bond donors (Lipinski definition) is 2. The SMILES string of the molecule is CC(=O)Nc1nc(NC(=O)/C=C/c2ccccc2)n(-c2ccccc2)n1. The molecule has 0 aliphatic rings. The lowest BCUT2D eigenvalue weighted by Gasteiger charge is -2.05. The van der Waals surface area contributed by atoms with Gasteiger partial charge < -0.3 is 0 Å². The van der Waals surface area contributed by atoms with E-state index in [-0.39, 0.29) is 23.7 Å². The number of amides is 2. The Morgan fingerprint density at radius 1 is 0.962 bits per heavy atom. The zero-order valence-electron chi connectivity index (χ0n) is 14.1. The van der Waals surface area contributed by atoms with Gasteiger partial charge in [-0.1, -0.05) is 48.5 Å². The molecule has 0 spiro atoms. The van der Waals surface area contributed by atoms with E-state index in [1.807, 2.05) is 60.7 Å². The number of para-hydroxylation sites is 1. The van der Waals surface area contributed by atoms with Crippen molar-refractivity contribution in [2.45, 2.75) is 6.92 Å². The maximum Gasteiger partial charge on any atom is 0.251 e. The lowest BCUT2D eigenvalue weighted by atomic mass is 10.2. The summed E-state index contributed by atoms with van der Waals surface area (Å²) >= 11 is 0. The molecule has 0 atom stereocenters. The van der Waals surface area contributed by atoms with Crippen LogP contribution >= 0.6 is 0 Å². The van der Waals surface area contributed by atoms with E-state index in [1.54, 1.807) is 6.08 Å². The summed E-state index contributed by atoms with van der Waals surface area (Å²) in [4.78, 5) is 27.7. The number of anilines is 2. The van der Waals surface area contributed by atoms with Gasteiger partial charge in [0, 0.05) is 13.0 Å². The van der Waals surface area contributed by atoms with Crippen molar-refractivity contribution in [1.82, 2.24) is 14.8 Å². The molecular weight excluding hydrogens is 330 g/mol. The second kappa shape index (κ2) is 7.89. The number of nitrogens with zero attached hydrogens (tertiary/aromatic N) is 3. The molecule has 0 aliphatic carbocycles. The molecule has 7 nitrogen and oxygen atoms in total. The first-order valence-electron chi connectivity index (χ1n) is 7.96. The normalized spacial score (nSPS) is 10.7. The molecule has 3 rings (SSSR count). The van der Waals surface area contributed by atoms with Gasteiger partial charge in [0.15, 0.2) is 0 Å². The number of aromatic nitrogens is 3. The fourth-order valence-corrected chi connectivity index (χ4v) is 2.24. The molecular formula is C19H17N5O2. The van der Waals surface area contributed by atoms with Crippen LogP contribution in [0.1, 0.15) is 12.5 Å². The second-order valence-electron chi connectivity index (χ2n) is 5.42. The lowest BCUT2D eigenvalue weighted by molar-refractivity contribution is -0.114. The van der Waals surface area contributed by atoms with Gasteiger partial charge >= 0.3 is 0 Å². The molecule has 130 valence electrons. The molecule has 0 saturated carbocycles. The molecule has 1 aromatic heterocycles. The first-order valence-corrected chi connectivity index (χ1v) is 7.96. The Morgan fingerprint density at radius 3 is 2.27 bits per heavy atom. The summed E-state index contributed by atoms with van der Waals surface area (Å²) < 4.78 is 1.46. The molecule has 2 N–H and O–H groups in total. The minimum Gasteiger partial charge on any atom is -0.293 e. The van der Waals surface area contributed by atoms with E-state index >= 15 is 0 Å². The average molecular weight is 347 g/mol. The van der Waals surface area contributed by atoms with Gasteiger partial charge in [-0.05, 0) is 23.8 Å². The minimum atomic E-state index is -0.354. The fraction of sp³-hybridized carbons (Fsp3) is 0.0526. The van der Waals surface area contributed by atoms with Crippen molar-refractivity contribution in [3.05, 3.63) is 72.3 Å². The Kier molecular flexibility index (Phi) is 5.19. The number of rotatable bonds is 5. The van der Waals surface area contributed by atoms with E-state index in [2.05, 4.69) is 20.7 Å². The van der Waals surface area contributed by atoms with Crippen molar-refractivity contribution in [2.24, 2.45) is 0 Å². The zero-order chi connectivity index (χ0) is 18.4. The third kappa shape index (κ3) is 4.41. The standard InChI is InChI=1S/C19H17N5O2/c1-14(25)20-18-22-19(24(23-18)16-10-6-3-7-11-16)21-17(26)13-12-15-8-4-2-5-9-15/h2-13H,1H3,(H2,20,21,22,23,25,26)/b13-12+. The molecule has 26 heavy (non-hydrogen) atoms. The molecule has 0 saturated heterocycles. The molecule has 7 heteroatoms. The summed E-state index contributed by atoms with van der Waals surface area (Å²) in [6, 6.07) is 18.7. The van der Waals surface area contributed by atoms with Crippen LogP contribution in [0.5, 0.6) is 0 Å². The summed E-state index contributed by atoms with van der Waals surface area (Å²) in [7, 11) is 0. The van der Waals surface area contributed by atoms with Gasteiger partial charge in [0.2, 0.25) is 11.9 Å². The molecule has 0 fully saturated rings. The van der Waals surface area contributed by atoms with Crippen molar-refractivity contribution in [3.8, 4) is 5.69 Å². The number of nitrogens with one attached hydrogen (secondary N) is 2. The quantitative estimate of drug-likeness (QED) is 0.695. The van der Waals surface area contributed by atoms with Crippen molar-refractivity contribution in [2.75, 3.05) is 10.6 Å². The van der Waals surface area contributed by atoms with E-state index in [0.717, 1.165) is 5.56 Å². The van der Waals surface area contributed by atoms with Crippen LogP contribution in [0.2, 0.25) is 0 Å². The molecule has 3 aromatic rings. The van der Waals surface area contributed by atoms with Gasteiger partial charge in [0.25, 0.3) is 11.9 Å². The number of carbonyl (C=O) groups excluding carboxylic acids is 2. The fourth-order valence-electron chi connectivity index (χ4n) is 2.24. The van der Waals surface area contributed by atoms with Crippen LogP contribution in [0.3, 0.4) is 0 Å². The molecule has 0 aliphatic heterocycles. The van der Waals surface area contributed by atoms with Crippen molar-refractivity contribution in [1.29, 1.82) is 0 Å². The molecule has 1 heterocycles. The maximum atomic E-state index is 12.2. The topological polar surface area (TPSA) is 88.9 Å². The van der Waals surface area contributed by atoms with Crippen LogP contribution in [-0.2, 0) is 9.59 Å². The largest absolute Gasteiger partial charge is 0.293 e. The van der Waals surface area contributed by atoms with E-state index < -0.39 is 0 Å². The highest BCUT2D eigenvalue weighted by molar-refractivity contribution is 6.01. The summed E-state index contributed by atoms with van der Waals surface area (Å²) in [6.07, 6.45) is 3.12. The zero-order valence-corrected chi connectivity index (χ0v) is 14.1. The van der Waals surface area contributed by atoms with Crippen molar-refractivity contribution >= 4 is 29.8 Å². The van der Waals surface area contributed by atoms with Gasteiger partial charge in [0.05, 0.1) is 5.69 Å². The van der Waals surface area contributed by atoms with E-state index in [9.17, 15) is 9.59 Å². The third-order valence-electron chi connectivity index (χ3n) is 3.36. The first-order chi connectivity index (χ1) is 12.6. The molecule has 0 bridgehead atoms. The van der Waals surface area contributed by atoms with Gasteiger partial charge in [-0.25, -0.2) is 0 Å². The Bertz CT molecular complexity index is 933. The maximum absolute atomic E-state index is 12.2. The van der Waals surface area contributed by atoms with Crippen LogP contribution in [0.25, 0.3) is 11.8 Å². The average Bonchev–Trinajstić information content (AvgIpc) is 3.03.